The van der Waals surface area contributed by atoms with Gasteiger partial charge in [0.1, 0.15) is 0 Å². The SMILES string of the molecule is [SiH3][Fe].[Ti].[V]. The van der Waals surface area contributed by atoms with Gasteiger partial charge in [-0.05, 0) is 0 Å². The number of rotatable bonds is 0. The normalized spacial score (nSPS) is 2.25. The molecule has 1 radical (unpaired) electrons. The second-order valence-corrected chi connectivity index (χ2v) is 0. The van der Waals surface area contributed by atoms with Crippen LogP contribution in [0.1, 0.15) is 0 Å². The first-order valence-electron chi connectivity index (χ1n) is 0.354. The molecule has 0 N–H and O–H groups in total. The zero-order valence-electron chi connectivity index (χ0n) is 2.30. The van der Waals surface area contributed by atoms with Crippen LogP contribution in [0.5, 0.6) is 0 Å². The van der Waals surface area contributed by atoms with Gasteiger partial charge in [-0.2, -0.15) is 0 Å². The van der Waals surface area contributed by atoms with Gasteiger partial charge < -0.3 is 0 Å². The Morgan fingerprint density at radius 2 is 1.25 bits per heavy atom. The Labute approximate surface area is 63.9 Å². The van der Waals surface area contributed by atoms with Crippen LogP contribution in [-0.2, 0) is 55.6 Å². The predicted octanol–water partition coefficient (Wildman–Crippen LogP) is -1.19. The summed E-state index contributed by atoms with van der Waals surface area (Å²) in [7, 11) is 1.06. The first kappa shape index (κ1) is 16.6. The molecule has 0 nitrogen and oxygen atoms in total. The van der Waals surface area contributed by atoms with Gasteiger partial charge in [0.15, 0.2) is 0 Å². The molecule has 0 rings (SSSR count). The molecule has 0 aromatic heterocycles. The molecule has 0 atom stereocenters. The maximum atomic E-state index is 3.39. The molecule has 0 saturated heterocycles. The fraction of sp³-hybridized carbons (Fsp3) is 0. The molecule has 0 amide bonds. The first-order valence-corrected chi connectivity index (χ1v) is 4.37. The molecule has 0 aliphatic carbocycles. The van der Waals surface area contributed by atoms with Crippen LogP contribution in [0.15, 0.2) is 0 Å². The molecule has 0 bridgehead atoms. The minimum atomic E-state index is 0. The largest absolute Gasteiger partial charge is 0 e. The molecule has 0 fully saturated rings. The Morgan fingerprint density at radius 3 is 1.25 bits per heavy atom. The van der Waals surface area contributed by atoms with E-state index in [9.17, 15) is 0 Å². The van der Waals surface area contributed by atoms with Crippen LogP contribution in [0, 0.1) is 0 Å². The Bertz CT molecular complexity index is 8.00. The van der Waals surface area contributed by atoms with Gasteiger partial charge in [0, 0.05) is 40.3 Å². The fourth-order valence-electron chi connectivity index (χ4n) is 0. The second kappa shape index (κ2) is 19.8. The van der Waals surface area contributed by atoms with Gasteiger partial charge in [0.25, 0.3) is 0 Å². The minimum absolute atomic E-state index is 0. The Kier molecular flexibility index (Phi) is 82.2. The van der Waals surface area contributed by atoms with E-state index < -0.39 is 0 Å². The molecule has 24 valence electrons. The van der Waals surface area contributed by atoms with E-state index in [1.54, 1.807) is 0 Å². The zero-order chi connectivity index (χ0) is 2.00. The fourth-order valence-corrected chi connectivity index (χ4v) is 0. The van der Waals surface area contributed by atoms with E-state index in [4.69, 9.17) is 0 Å². The average molecular weight is 186 g/mol. The summed E-state index contributed by atoms with van der Waals surface area (Å²) >= 11 is 3.39. The second-order valence-electron chi connectivity index (χ2n) is 0. The third-order valence-electron chi connectivity index (χ3n) is 0. The van der Waals surface area contributed by atoms with Crippen molar-refractivity contribution in [2.75, 3.05) is 0 Å². The van der Waals surface area contributed by atoms with E-state index >= 15 is 0 Å². The summed E-state index contributed by atoms with van der Waals surface area (Å²) in [4.78, 5) is 0. The Hall–Kier alpha value is 2.04. The van der Waals surface area contributed by atoms with Crippen LogP contribution in [0.4, 0.5) is 0 Å². The van der Waals surface area contributed by atoms with Crippen LogP contribution in [0.2, 0.25) is 0 Å². The Morgan fingerprint density at radius 1 is 1.25 bits per heavy atom. The van der Waals surface area contributed by atoms with Gasteiger partial charge in [0.05, 0.1) is 0 Å². The maximum Gasteiger partial charge on any atom is 0 e. The van der Waals surface area contributed by atoms with Gasteiger partial charge in [-0.3, -0.25) is 0 Å². The topological polar surface area (TPSA) is 0 Å². The molecule has 0 unspecified atom stereocenters. The summed E-state index contributed by atoms with van der Waals surface area (Å²) in [6.07, 6.45) is 0. The molecule has 0 aromatic rings. The van der Waals surface area contributed by atoms with Crippen molar-refractivity contribution in [3.63, 3.8) is 0 Å². The van der Waals surface area contributed by atoms with Crippen molar-refractivity contribution in [1.82, 2.24) is 0 Å². The average Bonchev–Trinajstić information content (AvgIpc) is 1.00. The van der Waals surface area contributed by atoms with E-state index in [0.717, 1.165) is 8.85 Å². The summed E-state index contributed by atoms with van der Waals surface area (Å²) in [5.41, 5.74) is 0. The van der Waals surface area contributed by atoms with Gasteiger partial charge in [-0.25, -0.2) is 0 Å². The molecule has 4 heteroatoms. The van der Waals surface area contributed by atoms with Crippen molar-refractivity contribution in [3.8, 4) is 0 Å². The van der Waals surface area contributed by atoms with Crippen molar-refractivity contribution in [1.29, 1.82) is 0 Å². The molecule has 0 aliphatic rings. The van der Waals surface area contributed by atoms with Crippen LogP contribution in [0.3, 0.4) is 0 Å². The molecule has 4 heavy (non-hydrogen) atoms. The molecule has 0 aromatic carbocycles. The van der Waals surface area contributed by atoms with Crippen LogP contribution >= 0.6 is 0 Å². The molecular formula is H3FeSiTiV. The summed E-state index contributed by atoms with van der Waals surface area (Å²) in [6.45, 7) is 0. The van der Waals surface area contributed by atoms with Crippen molar-refractivity contribution in [2.45, 2.75) is 0 Å². The van der Waals surface area contributed by atoms with Crippen molar-refractivity contribution >= 4 is 8.85 Å². The monoisotopic (exact) mass is 186 g/mol. The minimum Gasteiger partial charge on any atom is 0 e. The summed E-state index contributed by atoms with van der Waals surface area (Å²) in [5, 5.41) is 0. The summed E-state index contributed by atoms with van der Waals surface area (Å²) < 4.78 is 0. The Balaban J connectivity index is -0.00000000500. The standard InChI is InChI=1S/Fe.H3Si.Ti.V/h;1H3;;. The van der Waals surface area contributed by atoms with Crippen LogP contribution < -0.4 is 0 Å². The van der Waals surface area contributed by atoms with E-state index in [1.807, 2.05) is 0 Å². The molecule has 0 spiro atoms. The third-order valence-corrected chi connectivity index (χ3v) is 0. The van der Waals surface area contributed by atoms with Crippen molar-refractivity contribution in [2.24, 2.45) is 0 Å². The van der Waals surface area contributed by atoms with Crippen molar-refractivity contribution in [3.05, 3.63) is 0 Å². The van der Waals surface area contributed by atoms with E-state index in [0.29, 0.717) is 0 Å². The third kappa shape index (κ3) is 8.97. The predicted molar refractivity (Wildman–Crippen MR) is 9.94 cm³/mol. The summed E-state index contributed by atoms with van der Waals surface area (Å²) in [6, 6.07) is 0. The molecule has 0 saturated carbocycles. The number of hydrogen-bond acceptors (Lipinski definition) is 0. The quantitative estimate of drug-likeness (QED) is 0.417. The van der Waals surface area contributed by atoms with Gasteiger partial charge >= 0.3 is 24.2 Å². The van der Waals surface area contributed by atoms with Gasteiger partial charge in [-0.1, -0.05) is 0 Å². The maximum absolute atomic E-state index is 3.39. The van der Waals surface area contributed by atoms with Crippen molar-refractivity contribution < 1.29 is 55.6 Å². The van der Waals surface area contributed by atoms with Crippen LogP contribution in [-0.4, -0.2) is 8.85 Å². The molecular weight excluding hydrogens is 183 g/mol. The van der Waals surface area contributed by atoms with Gasteiger partial charge in [0.2, 0.25) is 0 Å². The van der Waals surface area contributed by atoms with E-state index in [-0.39, 0.29) is 40.3 Å². The van der Waals surface area contributed by atoms with E-state index in [1.165, 1.54) is 0 Å². The zero-order valence-corrected chi connectivity index (χ0v) is 8.36. The van der Waals surface area contributed by atoms with Crippen LogP contribution in [0.25, 0.3) is 0 Å². The van der Waals surface area contributed by atoms with E-state index in [2.05, 4.69) is 15.4 Å². The first-order chi connectivity index (χ1) is 1.00. The summed E-state index contributed by atoms with van der Waals surface area (Å²) in [5.74, 6) is 0. The number of hydrogen-bond donors (Lipinski definition) is 0. The molecule has 0 aliphatic heterocycles. The smallest absolute Gasteiger partial charge is 0 e. The molecule has 0 heterocycles. The van der Waals surface area contributed by atoms with Gasteiger partial charge in [-0.15, -0.1) is 0 Å².